The van der Waals surface area contributed by atoms with Crippen LogP contribution in [0.1, 0.15) is 74.9 Å². The number of hydrogen-bond acceptors (Lipinski definition) is 0. The molecule has 0 radical (unpaired) electrons. The van der Waals surface area contributed by atoms with Crippen LogP contribution in [0.2, 0.25) is 4.63 Å². The molecule has 0 heterocycles. The topological polar surface area (TPSA) is 0 Å². The summed E-state index contributed by atoms with van der Waals surface area (Å²) in [6.07, 6.45) is 13.2. The Kier molecular flexibility index (Phi) is 7.03. The molecule has 0 aromatic heterocycles. The van der Waals surface area contributed by atoms with Gasteiger partial charge in [-0.05, 0) is 0 Å². The van der Waals surface area contributed by atoms with E-state index in [1.54, 1.807) is 6.56 Å². The van der Waals surface area contributed by atoms with Crippen molar-refractivity contribution in [3.8, 4) is 11.1 Å². The molecule has 0 aliphatic heterocycles. The van der Waals surface area contributed by atoms with E-state index in [9.17, 15) is 0 Å². The second kappa shape index (κ2) is 9.48. The third-order valence-electron chi connectivity index (χ3n) is 10.7. The van der Waals surface area contributed by atoms with Gasteiger partial charge in [0.05, 0.1) is 0 Å². The van der Waals surface area contributed by atoms with E-state index in [0.717, 1.165) is 6.42 Å². The van der Waals surface area contributed by atoms with Gasteiger partial charge in [-0.25, -0.2) is 0 Å². The van der Waals surface area contributed by atoms with Crippen LogP contribution in [-0.4, -0.2) is 4.21 Å². The fraction of sp³-hybridized carbons (Fsp3) is 0.289. The van der Waals surface area contributed by atoms with Crippen molar-refractivity contribution in [1.29, 1.82) is 0 Å². The summed E-state index contributed by atoms with van der Waals surface area (Å²) in [7, 11) is 0. The Morgan fingerprint density at radius 2 is 1.44 bits per heavy atom. The van der Waals surface area contributed by atoms with Gasteiger partial charge in [0.25, 0.3) is 0 Å². The summed E-state index contributed by atoms with van der Waals surface area (Å²) < 4.78 is 12.6. The summed E-state index contributed by atoms with van der Waals surface area (Å²) >= 11 is -4.15. The average molecular weight is 661 g/mol. The minimum absolute atomic E-state index is 0. The molecule has 4 aliphatic carbocycles. The molecule has 1 unspecified atom stereocenters. The Morgan fingerprint density at radius 3 is 2.05 bits per heavy atom. The van der Waals surface area contributed by atoms with Crippen LogP contribution in [0.25, 0.3) is 23.3 Å². The van der Waals surface area contributed by atoms with Crippen LogP contribution in [0.3, 0.4) is 0 Å². The Balaban J connectivity index is 0.00000169. The summed E-state index contributed by atoms with van der Waals surface area (Å²) in [5.41, 5.74) is 13.0. The van der Waals surface area contributed by atoms with Crippen molar-refractivity contribution in [2.45, 2.75) is 63.4 Å². The summed E-state index contributed by atoms with van der Waals surface area (Å²) in [6, 6.07) is 21.3. The summed E-state index contributed by atoms with van der Waals surface area (Å²) in [5, 5.41) is 0. The Hall–Kier alpha value is -2.05. The number of benzene rings is 3. The third kappa shape index (κ3) is 4.06. The van der Waals surface area contributed by atoms with Gasteiger partial charge in [0.2, 0.25) is 0 Å². The molecule has 0 bridgehead atoms. The molecule has 7 rings (SSSR count). The molecule has 0 N–H and O–H groups in total. The first kappa shape index (κ1) is 30.4. The molecule has 212 valence electrons. The molecule has 0 spiro atoms. The van der Waals surface area contributed by atoms with Crippen LogP contribution >= 0.6 is 24.8 Å². The second-order valence-electron chi connectivity index (χ2n) is 14.3. The van der Waals surface area contributed by atoms with Gasteiger partial charge in [0.15, 0.2) is 0 Å². The van der Waals surface area contributed by atoms with E-state index in [0.29, 0.717) is 5.92 Å². The molecule has 4 aliphatic rings. The van der Waals surface area contributed by atoms with Crippen LogP contribution in [0.5, 0.6) is 0 Å². The van der Waals surface area contributed by atoms with Crippen molar-refractivity contribution in [3.63, 3.8) is 0 Å². The van der Waals surface area contributed by atoms with Gasteiger partial charge >= 0.3 is 237 Å². The summed E-state index contributed by atoms with van der Waals surface area (Å²) in [5.74, 6) is 0.426. The summed E-state index contributed by atoms with van der Waals surface area (Å²) in [4.78, 5) is 0. The monoisotopic (exact) mass is 658 g/mol. The molecule has 1 atom stereocenters. The molecule has 0 amide bonds. The maximum atomic E-state index is 5.40. The Morgan fingerprint density at radius 1 is 0.829 bits per heavy atom. The molecular weight excluding hydrogens is 619 g/mol. The van der Waals surface area contributed by atoms with Gasteiger partial charge in [0, 0.05) is 0 Å². The minimum atomic E-state index is -4.15. The molecule has 3 aromatic rings. The van der Waals surface area contributed by atoms with E-state index in [-0.39, 0.29) is 35.6 Å². The second-order valence-corrected chi connectivity index (χ2v) is 28.3. The number of halogens is 2. The number of allylic oxidation sites excluding steroid dienone is 6. The van der Waals surface area contributed by atoms with Crippen LogP contribution in [-0.2, 0) is 35.5 Å². The van der Waals surface area contributed by atoms with E-state index >= 15 is 0 Å². The molecule has 0 nitrogen and oxygen atoms in total. The van der Waals surface area contributed by atoms with Crippen LogP contribution in [0.15, 0.2) is 85.0 Å². The van der Waals surface area contributed by atoms with E-state index in [2.05, 4.69) is 131 Å². The van der Waals surface area contributed by atoms with E-state index in [1.807, 2.05) is 0 Å². The number of rotatable bonds is 3. The van der Waals surface area contributed by atoms with Gasteiger partial charge in [-0.1, -0.05) is 0 Å². The van der Waals surface area contributed by atoms with Gasteiger partial charge < -0.3 is 0 Å². The SMILES string of the molecule is Cl.Cl.[CH2]=[Zr]([CH3])([C]1=CC(C)=CC1C)([C]1=Cc2cc3c(cc2C1(C)C)Cc1cc2c(cc1-3)C=CC2(C)C)[c]1ccccc1. The van der Waals surface area contributed by atoms with Crippen molar-refractivity contribution in [1.82, 2.24) is 0 Å². The van der Waals surface area contributed by atoms with Gasteiger partial charge in [-0.15, -0.1) is 24.8 Å². The zero-order chi connectivity index (χ0) is 27.6. The maximum absolute atomic E-state index is 5.40. The predicted octanol–water partition coefficient (Wildman–Crippen LogP) is 10.0. The van der Waals surface area contributed by atoms with Gasteiger partial charge in [0.1, 0.15) is 0 Å². The Labute approximate surface area is 259 Å². The van der Waals surface area contributed by atoms with Crippen molar-refractivity contribution in [2.24, 2.45) is 5.92 Å². The first-order valence-electron chi connectivity index (χ1n) is 14.6. The average Bonchev–Trinajstić information content (AvgIpc) is 3.59. The van der Waals surface area contributed by atoms with Crippen LogP contribution in [0, 0.1) is 5.92 Å². The first-order chi connectivity index (χ1) is 18.3. The molecule has 3 heteroatoms. The van der Waals surface area contributed by atoms with E-state index in [4.69, 9.17) is 4.21 Å². The molecule has 0 fully saturated rings. The molecule has 3 aromatic carbocycles. The zero-order valence-corrected chi connectivity index (χ0v) is 29.5. The summed E-state index contributed by atoms with van der Waals surface area (Å²) in [6.45, 7) is 14.2. The fourth-order valence-corrected chi connectivity index (χ4v) is 24.3. The van der Waals surface area contributed by atoms with Crippen LogP contribution < -0.4 is 3.27 Å². The molecular formula is C38H42Cl2Zr. The third-order valence-corrected chi connectivity index (χ3v) is 26.1. The van der Waals surface area contributed by atoms with Crippen molar-refractivity contribution >= 4 is 44.4 Å². The molecule has 0 saturated carbocycles. The van der Waals surface area contributed by atoms with Crippen molar-refractivity contribution in [2.75, 3.05) is 0 Å². The Bertz CT molecular complexity index is 1810. The van der Waals surface area contributed by atoms with Crippen molar-refractivity contribution in [3.05, 3.63) is 118 Å². The first-order valence-corrected chi connectivity index (χ1v) is 22.5. The van der Waals surface area contributed by atoms with Crippen molar-refractivity contribution < 1.29 is 18.3 Å². The molecule has 41 heavy (non-hydrogen) atoms. The predicted molar refractivity (Wildman–Crippen MR) is 182 cm³/mol. The fourth-order valence-electron chi connectivity index (χ4n) is 8.68. The quantitative estimate of drug-likeness (QED) is 0.205. The number of fused-ring (bicyclic) bond motifs is 5. The van der Waals surface area contributed by atoms with E-state index in [1.165, 1.54) is 53.4 Å². The van der Waals surface area contributed by atoms with E-state index < -0.39 is 18.3 Å². The zero-order valence-electron chi connectivity index (χ0n) is 25.4. The van der Waals surface area contributed by atoms with Crippen LogP contribution in [0.4, 0.5) is 0 Å². The number of hydrogen-bond donors (Lipinski definition) is 0. The normalized spacial score (nSPS) is 20.6. The van der Waals surface area contributed by atoms with Gasteiger partial charge in [-0.3, -0.25) is 0 Å². The standard InChI is InChI=1S/C23H21.C7H9.C6H5.CH3.CH2.2ClH.Zr/c1-22(2)7-5-14-10-18-16(12-20(14)22)9-17-13-21-15(11-19(17)18)6-8-23(21,3)4;1-6-3-4-7(2)5-6;1-2-4-6-5-3-1;;;;;/h5-7,10-13H,9H2,1-4H3;3,5,7H,1-2H3;1-5H;1H3;1H2;2*1H;. The van der Waals surface area contributed by atoms with Gasteiger partial charge in [-0.2, -0.15) is 0 Å². The molecule has 0 saturated heterocycles.